The van der Waals surface area contributed by atoms with E-state index < -0.39 is 51.1 Å². The van der Waals surface area contributed by atoms with Gasteiger partial charge in [0.1, 0.15) is 22.6 Å². The summed E-state index contributed by atoms with van der Waals surface area (Å²) in [4.78, 5) is 58.5. The molecule has 7 aromatic rings. The van der Waals surface area contributed by atoms with Crippen LogP contribution in [0.2, 0.25) is 0 Å². The molecule has 9 N–H and O–H groups in total. The Bertz CT molecular complexity index is 2700. The van der Waals surface area contributed by atoms with Crippen LogP contribution in [-0.2, 0) is 11.6 Å². The quantitative estimate of drug-likeness (QED) is 0.0978. The van der Waals surface area contributed by atoms with E-state index in [-0.39, 0.29) is 41.0 Å². The molecule has 3 aromatic heterocycles. The van der Waals surface area contributed by atoms with Crippen molar-refractivity contribution < 1.29 is 43.2 Å². The summed E-state index contributed by atoms with van der Waals surface area (Å²) in [6.45, 7) is 1.29. The Morgan fingerprint density at radius 3 is 1.73 bits per heavy atom. The number of phenols is 2. The van der Waals surface area contributed by atoms with Crippen molar-refractivity contribution in [3.8, 4) is 11.5 Å². The molecule has 0 saturated heterocycles. The van der Waals surface area contributed by atoms with Crippen molar-refractivity contribution in [3.05, 3.63) is 140 Å². The maximum atomic E-state index is 13.4. The molecule has 2 amide bonds. The third-order valence-electron chi connectivity index (χ3n) is 9.04. The number of carbonyl (C=O) groups excluding carboxylic acids is 2. The van der Waals surface area contributed by atoms with Gasteiger partial charge in [-0.15, -0.1) is 0 Å². The number of aromatic nitrogens is 3. The molecule has 0 aliphatic carbocycles. The molecular formula is C39H32F3N5O8. The van der Waals surface area contributed by atoms with Gasteiger partial charge in [-0.2, -0.15) is 13.2 Å². The highest BCUT2D eigenvalue weighted by Crippen LogP contribution is 2.37. The average molecular weight is 756 g/mol. The van der Waals surface area contributed by atoms with Crippen molar-refractivity contribution in [1.82, 2.24) is 15.0 Å². The number of halogens is 3. The molecule has 282 valence electrons. The second kappa shape index (κ2) is 14.8. The van der Waals surface area contributed by atoms with E-state index in [1.165, 1.54) is 42.7 Å². The molecule has 7 rings (SSSR count). The zero-order valence-corrected chi connectivity index (χ0v) is 28.7. The van der Waals surface area contributed by atoms with Crippen molar-refractivity contribution in [3.63, 3.8) is 0 Å². The van der Waals surface area contributed by atoms with E-state index >= 15 is 0 Å². The van der Waals surface area contributed by atoms with E-state index in [9.17, 15) is 52.8 Å². The van der Waals surface area contributed by atoms with Crippen molar-refractivity contribution in [2.75, 3.05) is 23.8 Å². The maximum absolute atomic E-state index is 13.4. The lowest BCUT2D eigenvalue weighted by Gasteiger charge is -2.25. The van der Waals surface area contributed by atoms with Crippen LogP contribution in [0.1, 0.15) is 38.8 Å². The minimum Gasteiger partial charge on any atom is -0.507 e. The number of nitrogens with one attached hydrogen (secondary N) is 5. The highest BCUT2D eigenvalue weighted by Gasteiger charge is 2.35. The van der Waals surface area contributed by atoms with Gasteiger partial charge in [0.05, 0.1) is 46.3 Å². The Hall–Kier alpha value is -6.91. The molecular weight excluding hydrogens is 723 g/mol. The summed E-state index contributed by atoms with van der Waals surface area (Å²) < 4.78 is 40.2. The molecule has 0 aliphatic rings. The zero-order valence-electron chi connectivity index (χ0n) is 28.7. The van der Waals surface area contributed by atoms with Crippen LogP contribution in [0.15, 0.2) is 107 Å². The summed E-state index contributed by atoms with van der Waals surface area (Å²) in [6.07, 6.45) is -0.822. The third kappa shape index (κ3) is 7.49. The molecule has 0 radical (unpaired) electrons. The van der Waals surface area contributed by atoms with Crippen LogP contribution in [0.5, 0.6) is 11.5 Å². The highest BCUT2D eigenvalue weighted by molar-refractivity contribution is 6.08. The summed E-state index contributed by atoms with van der Waals surface area (Å²) in [5.41, 5.74) is -1.89. The van der Waals surface area contributed by atoms with Crippen LogP contribution in [0, 0.1) is 0 Å². The first-order valence-electron chi connectivity index (χ1n) is 16.4. The molecule has 0 unspecified atom stereocenters. The van der Waals surface area contributed by atoms with Gasteiger partial charge < -0.3 is 46.0 Å². The Morgan fingerprint density at radius 2 is 1.22 bits per heavy atom. The number of anilines is 2. The summed E-state index contributed by atoms with van der Waals surface area (Å²) >= 11 is 0. The van der Waals surface area contributed by atoms with Gasteiger partial charge in [0.25, 0.3) is 11.8 Å². The number of aromatic amines is 3. The van der Waals surface area contributed by atoms with Gasteiger partial charge in [-0.05, 0) is 60.2 Å². The standard InChI is InChI=1S/C20H20N2O5.C19H12F3N3O3/c1-20(10-23,11-24)12-5-7-13(8-6-12)22-19(27)14-9-21-15-3-2-4-16(25)17(15)18(14)26;20-19(21,22)11-6-9-4-5-23-13(9)7-14(11)25-18(28)10-8-24-12-2-1-3-15(26)16(12)17(10)27/h2-9,23-25H,10-11H2,1H3,(H,21,26)(H,22,27);1-8,23,26H,(H,24,27)(H,25,28). The van der Waals surface area contributed by atoms with Gasteiger partial charge in [-0.25, -0.2) is 0 Å². The first kappa shape index (κ1) is 37.8. The van der Waals surface area contributed by atoms with Crippen LogP contribution < -0.4 is 21.5 Å². The van der Waals surface area contributed by atoms with E-state index in [2.05, 4.69) is 25.6 Å². The van der Waals surface area contributed by atoms with E-state index in [4.69, 9.17) is 0 Å². The second-order valence-electron chi connectivity index (χ2n) is 12.8. The fourth-order valence-corrected chi connectivity index (χ4v) is 5.85. The van der Waals surface area contributed by atoms with Crippen LogP contribution in [-0.4, -0.2) is 60.4 Å². The molecule has 0 spiro atoms. The van der Waals surface area contributed by atoms with Crippen molar-refractivity contribution in [2.24, 2.45) is 0 Å². The largest absolute Gasteiger partial charge is 0.507 e. The summed E-state index contributed by atoms with van der Waals surface area (Å²) in [7, 11) is 0. The number of aromatic hydroxyl groups is 2. The minimum absolute atomic E-state index is 0.0576. The normalized spacial score (nSPS) is 11.7. The Balaban J connectivity index is 0.000000187. The number of phenolic OH excluding ortho intramolecular Hbond substituents is 2. The molecule has 0 saturated carbocycles. The monoisotopic (exact) mass is 755 g/mol. The van der Waals surface area contributed by atoms with Gasteiger partial charge >= 0.3 is 6.18 Å². The number of carbonyl (C=O) groups is 2. The van der Waals surface area contributed by atoms with Crippen LogP contribution in [0.25, 0.3) is 32.7 Å². The van der Waals surface area contributed by atoms with Crippen molar-refractivity contribution in [1.29, 1.82) is 0 Å². The number of fused-ring (bicyclic) bond motifs is 3. The van der Waals surface area contributed by atoms with Crippen LogP contribution >= 0.6 is 0 Å². The van der Waals surface area contributed by atoms with Gasteiger partial charge in [0.15, 0.2) is 0 Å². The number of H-pyrrole nitrogens is 3. The van der Waals surface area contributed by atoms with Crippen LogP contribution in [0.4, 0.5) is 24.5 Å². The van der Waals surface area contributed by atoms with E-state index in [1.54, 1.807) is 43.3 Å². The molecule has 55 heavy (non-hydrogen) atoms. The average Bonchev–Trinajstić information content (AvgIpc) is 3.62. The van der Waals surface area contributed by atoms with E-state index in [0.717, 1.165) is 23.9 Å². The molecule has 13 nitrogen and oxygen atoms in total. The van der Waals surface area contributed by atoms with Gasteiger partial charge in [-0.3, -0.25) is 19.2 Å². The Morgan fingerprint density at radius 1 is 0.691 bits per heavy atom. The number of hydrogen-bond donors (Lipinski definition) is 9. The topological polar surface area (TPSA) is 221 Å². The molecule has 3 heterocycles. The lowest BCUT2D eigenvalue weighted by molar-refractivity contribution is -0.136. The smallest absolute Gasteiger partial charge is 0.418 e. The number of hydrogen-bond acceptors (Lipinski definition) is 8. The van der Waals surface area contributed by atoms with E-state index in [1.807, 2.05) is 0 Å². The SMILES string of the molecule is CC(CO)(CO)c1ccc(NC(=O)c2c[nH]c3cccc(O)c3c2=O)cc1.O=C(Nc1cc2[nH]ccc2cc1C(F)(F)F)c1c[nH]c2cccc(O)c2c1=O. The summed E-state index contributed by atoms with van der Waals surface area (Å²) in [5.74, 6) is -2.17. The fraction of sp³-hybridized carbons (Fsp3) is 0.128. The number of aliphatic hydroxyl groups is 2. The lowest BCUT2D eigenvalue weighted by atomic mass is 9.84. The number of rotatable bonds is 7. The van der Waals surface area contributed by atoms with Crippen molar-refractivity contribution in [2.45, 2.75) is 18.5 Å². The molecule has 0 bridgehead atoms. The molecule has 0 aliphatic heterocycles. The fourth-order valence-electron chi connectivity index (χ4n) is 5.85. The highest BCUT2D eigenvalue weighted by atomic mass is 19.4. The van der Waals surface area contributed by atoms with Crippen LogP contribution in [0.3, 0.4) is 0 Å². The minimum atomic E-state index is -4.71. The predicted octanol–water partition coefficient (Wildman–Crippen LogP) is 5.71. The predicted molar refractivity (Wildman–Crippen MR) is 200 cm³/mol. The second-order valence-corrected chi connectivity index (χ2v) is 12.8. The van der Waals surface area contributed by atoms with Gasteiger partial charge in [-0.1, -0.05) is 31.2 Å². The first-order valence-corrected chi connectivity index (χ1v) is 16.4. The molecule has 16 heteroatoms. The molecule has 4 aromatic carbocycles. The first-order chi connectivity index (χ1) is 26.1. The van der Waals surface area contributed by atoms with Crippen molar-refractivity contribution >= 4 is 55.9 Å². The number of benzene rings is 4. The Kier molecular flexibility index (Phi) is 10.2. The van der Waals surface area contributed by atoms with Gasteiger partial charge in [0.2, 0.25) is 10.9 Å². The Labute approximate surface area is 307 Å². The van der Waals surface area contributed by atoms with E-state index in [0.29, 0.717) is 27.6 Å². The number of pyridine rings is 2. The summed E-state index contributed by atoms with van der Waals surface area (Å²) in [5, 5.41) is 43.8. The zero-order chi connectivity index (χ0) is 39.7. The number of amides is 2. The number of aliphatic hydroxyl groups excluding tert-OH is 2. The molecule has 0 atom stereocenters. The summed E-state index contributed by atoms with van der Waals surface area (Å²) in [6, 6.07) is 19.1. The maximum Gasteiger partial charge on any atom is 0.418 e. The third-order valence-corrected chi connectivity index (χ3v) is 9.04. The molecule has 0 fully saturated rings. The lowest BCUT2D eigenvalue weighted by Crippen LogP contribution is -2.31. The van der Waals surface area contributed by atoms with Gasteiger partial charge in [0, 0.05) is 40.6 Å². The number of alkyl halides is 3.